The van der Waals surface area contributed by atoms with E-state index >= 15 is 0 Å². The lowest BCUT2D eigenvalue weighted by atomic mass is 9.91. The summed E-state index contributed by atoms with van der Waals surface area (Å²) in [7, 11) is 0. The van der Waals surface area contributed by atoms with Crippen LogP contribution in [-0.4, -0.2) is 14.4 Å². The lowest BCUT2D eigenvalue weighted by Gasteiger charge is -2.19. The smallest absolute Gasteiger partial charge is 0.147 e. The van der Waals surface area contributed by atoms with Crippen molar-refractivity contribution in [3.63, 3.8) is 0 Å². The highest BCUT2D eigenvalue weighted by Gasteiger charge is 2.21. The molecule has 42 heavy (non-hydrogen) atoms. The van der Waals surface area contributed by atoms with Gasteiger partial charge in [0, 0.05) is 33.2 Å². The summed E-state index contributed by atoms with van der Waals surface area (Å²) >= 11 is 0. The normalized spacial score (nSPS) is 10.3. The molecule has 3 heterocycles. The quantitative estimate of drug-likeness (QED) is 0.218. The molecule has 5 aromatic rings. The van der Waals surface area contributed by atoms with Gasteiger partial charge in [-0.3, -0.25) is 9.38 Å². The number of nitrogens with zero attached hydrogens (tertiary/aromatic N) is 3. The van der Waals surface area contributed by atoms with Crippen molar-refractivity contribution in [1.82, 2.24) is 14.4 Å². The van der Waals surface area contributed by atoms with Gasteiger partial charge in [0.15, 0.2) is 0 Å². The standard InChI is InChI=1S/C39H27N3/c1-9-11-13-15-17-29-23-33-34(24-30(29)18-16-14-12-10-2)42-35(37-27(4)21-26(3)22-28(37)5)25-32-31(38(42)41-33)19-20-36(40-32)39(6,7)8/h1-2,19-25H,3-8H3. The first kappa shape index (κ1) is 27.7. The van der Waals surface area contributed by atoms with Crippen molar-refractivity contribution < 1.29 is 0 Å². The fraction of sp³-hybridized carbons (Fsp3) is 0.179. The fourth-order valence-electron chi connectivity index (χ4n) is 5.24. The van der Waals surface area contributed by atoms with Gasteiger partial charge in [0.2, 0.25) is 0 Å². The number of fused-ring (bicyclic) bond motifs is 5. The number of hydrogen-bond acceptors (Lipinski definition) is 2. The molecule has 3 nitrogen and oxygen atoms in total. The van der Waals surface area contributed by atoms with Gasteiger partial charge >= 0.3 is 0 Å². The fourth-order valence-corrected chi connectivity index (χ4v) is 5.24. The lowest BCUT2D eigenvalue weighted by Crippen LogP contribution is -2.13. The van der Waals surface area contributed by atoms with Crippen molar-refractivity contribution in [2.45, 2.75) is 47.0 Å². The van der Waals surface area contributed by atoms with E-state index in [2.05, 4.69) is 135 Å². The summed E-state index contributed by atoms with van der Waals surface area (Å²) in [5, 5.41) is 0.963. The Morgan fingerprint density at radius 2 is 1.31 bits per heavy atom. The van der Waals surface area contributed by atoms with Crippen LogP contribution in [0.1, 0.15) is 54.3 Å². The predicted molar refractivity (Wildman–Crippen MR) is 173 cm³/mol. The number of rotatable bonds is 1. The van der Waals surface area contributed by atoms with Crippen LogP contribution in [0.3, 0.4) is 0 Å². The molecule has 0 bridgehead atoms. The molecule has 2 aromatic carbocycles. The Morgan fingerprint density at radius 3 is 1.90 bits per heavy atom. The molecule has 0 amide bonds. The monoisotopic (exact) mass is 537 g/mol. The van der Waals surface area contributed by atoms with Crippen molar-refractivity contribution in [1.29, 1.82) is 0 Å². The Bertz CT molecular complexity index is 2270. The van der Waals surface area contributed by atoms with Crippen LogP contribution in [0.2, 0.25) is 0 Å². The molecule has 0 atom stereocenters. The molecule has 0 saturated carbocycles. The Kier molecular flexibility index (Phi) is 7.24. The summed E-state index contributed by atoms with van der Waals surface area (Å²) < 4.78 is 2.20. The van der Waals surface area contributed by atoms with Gasteiger partial charge in [-0.1, -0.05) is 50.3 Å². The van der Waals surface area contributed by atoms with E-state index in [4.69, 9.17) is 22.8 Å². The molecule has 0 aliphatic rings. The van der Waals surface area contributed by atoms with Crippen LogP contribution in [0.5, 0.6) is 0 Å². The second kappa shape index (κ2) is 11.0. The second-order valence-corrected chi connectivity index (χ2v) is 11.1. The topological polar surface area (TPSA) is 30.2 Å². The van der Waals surface area contributed by atoms with Crippen molar-refractivity contribution in [3.8, 4) is 83.3 Å². The number of terminal acetylenes is 2. The molecule has 3 aromatic heterocycles. The van der Waals surface area contributed by atoms with Gasteiger partial charge in [-0.15, -0.1) is 12.8 Å². The highest BCUT2D eigenvalue weighted by molar-refractivity contribution is 6.00. The number of aryl methyl sites for hydroxylation is 3. The second-order valence-electron chi connectivity index (χ2n) is 11.1. The number of imidazole rings is 1. The molecular formula is C39H27N3. The van der Waals surface area contributed by atoms with Gasteiger partial charge in [0.25, 0.3) is 0 Å². The SMILES string of the molecule is C#CC#CC#Cc1cc2nc3c4ccc(C(C)(C)C)nc4cc(-c4c(C)cc(C)cc4C)n3c2cc1C#CC#CC#C. The summed E-state index contributed by atoms with van der Waals surface area (Å²) in [6, 6.07) is 14.7. The van der Waals surface area contributed by atoms with Crippen LogP contribution in [0.15, 0.2) is 42.5 Å². The summed E-state index contributed by atoms with van der Waals surface area (Å²) in [6.45, 7) is 12.9. The van der Waals surface area contributed by atoms with Crippen LogP contribution in [0, 0.1) is 92.8 Å². The molecule has 3 heteroatoms. The first-order chi connectivity index (χ1) is 20.1. The lowest BCUT2D eigenvalue weighted by molar-refractivity contribution is 0.571. The third-order valence-corrected chi connectivity index (χ3v) is 6.96. The van der Waals surface area contributed by atoms with Crippen molar-refractivity contribution >= 4 is 27.6 Å². The minimum atomic E-state index is -0.0952. The third-order valence-electron chi connectivity index (χ3n) is 6.96. The Hall–Kier alpha value is -5.84. The maximum atomic E-state index is 5.28. The van der Waals surface area contributed by atoms with Crippen LogP contribution < -0.4 is 0 Å². The number of benzene rings is 2. The van der Waals surface area contributed by atoms with Gasteiger partial charge < -0.3 is 0 Å². The first-order valence-corrected chi connectivity index (χ1v) is 13.4. The van der Waals surface area contributed by atoms with Gasteiger partial charge in [-0.05, 0) is 110 Å². The Morgan fingerprint density at radius 1 is 0.690 bits per heavy atom. The van der Waals surface area contributed by atoms with Crippen molar-refractivity contribution in [2.75, 3.05) is 0 Å². The van der Waals surface area contributed by atoms with E-state index in [1.54, 1.807) is 0 Å². The predicted octanol–water partition coefficient (Wildman–Crippen LogP) is 6.90. The molecule has 0 unspecified atom stereocenters. The van der Waals surface area contributed by atoms with Crippen LogP contribution in [-0.2, 0) is 5.41 Å². The number of aromatic nitrogens is 3. The molecule has 0 saturated heterocycles. The molecule has 0 aliphatic carbocycles. The van der Waals surface area contributed by atoms with E-state index in [9.17, 15) is 0 Å². The van der Waals surface area contributed by atoms with E-state index in [0.717, 1.165) is 44.5 Å². The van der Waals surface area contributed by atoms with E-state index in [1.165, 1.54) is 16.7 Å². The molecule has 0 N–H and O–H groups in total. The first-order valence-electron chi connectivity index (χ1n) is 13.4. The van der Waals surface area contributed by atoms with E-state index in [1.807, 2.05) is 12.1 Å². The third kappa shape index (κ3) is 5.18. The van der Waals surface area contributed by atoms with E-state index < -0.39 is 0 Å². The van der Waals surface area contributed by atoms with Gasteiger partial charge in [0.05, 0.1) is 22.2 Å². The summed E-state index contributed by atoms with van der Waals surface area (Å²) in [6.07, 6.45) is 10.5. The Balaban J connectivity index is 1.95. The highest BCUT2D eigenvalue weighted by Crippen LogP contribution is 2.36. The minimum absolute atomic E-state index is 0.0952. The van der Waals surface area contributed by atoms with Crippen molar-refractivity contribution in [2.24, 2.45) is 0 Å². The van der Waals surface area contributed by atoms with Crippen molar-refractivity contribution in [3.05, 3.63) is 76.0 Å². The van der Waals surface area contributed by atoms with Gasteiger partial charge in [-0.25, -0.2) is 4.98 Å². The maximum absolute atomic E-state index is 5.28. The zero-order valence-corrected chi connectivity index (χ0v) is 24.5. The van der Waals surface area contributed by atoms with Crippen LogP contribution in [0.25, 0.3) is 38.8 Å². The molecule has 0 aliphatic heterocycles. The highest BCUT2D eigenvalue weighted by atomic mass is 15.0. The largest absolute Gasteiger partial charge is 0.292 e. The molecule has 198 valence electrons. The molecule has 5 rings (SSSR count). The Labute approximate surface area is 247 Å². The molecule has 0 fully saturated rings. The van der Waals surface area contributed by atoms with Gasteiger partial charge in [-0.2, -0.15) is 0 Å². The number of hydrogen-bond donors (Lipinski definition) is 0. The zero-order valence-electron chi connectivity index (χ0n) is 24.5. The summed E-state index contributed by atoms with van der Waals surface area (Å²) in [4.78, 5) is 10.3. The van der Waals surface area contributed by atoms with Gasteiger partial charge in [0.1, 0.15) is 5.65 Å². The summed E-state index contributed by atoms with van der Waals surface area (Å²) in [5.41, 5.74) is 11.4. The van der Waals surface area contributed by atoms with Crippen LogP contribution in [0.4, 0.5) is 0 Å². The van der Waals surface area contributed by atoms with Crippen LogP contribution >= 0.6 is 0 Å². The molecular weight excluding hydrogens is 510 g/mol. The average molecular weight is 538 g/mol. The maximum Gasteiger partial charge on any atom is 0.147 e. The molecule has 0 radical (unpaired) electrons. The van der Waals surface area contributed by atoms with E-state index in [-0.39, 0.29) is 5.41 Å². The minimum Gasteiger partial charge on any atom is -0.292 e. The number of pyridine rings is 2. The zero-order chi connectivity index (χ0) is 30.0. The molecule has 0 spiro atoms. The average Bonchev–Trinajstić information content (AvgIpc) is 3.30. The summed E-state index contributed by atoms with van der Waals surface area (Å²) in [5.74, 6) is 26.9. The van der Waals surface area contributed by atoms with E-state index in [0.29, 0.717) is 11.1 Å².